The number of nitrogens with zero attached hydrogens (tertiary/aromatic N) is 1. The van der Waals surface area contributed by atoms with Crippen LogP contribution >= 0.6 is 23.8 Å². The van der Waals surface area contributed by atoms with Gasteiger partial charge in [0, 0.05) is 16.3 Å². The third kappa shape index (κ3) is 3.46. The molecule has 1 heterocycles. The van der Waals surface area contributed by atoms with Gasteiger partial charge in [0.1, 0.15) is 10.8 Å². The van der Waals surface area contributed by atoms with Crippen molar-refractivity contribution in [3.63, 3.8) is 0 Å². The summed E-state index contributed by atoms with van der Waals surface area (Å²) in [6, 6.07) is 11.5. The maximum atomic E-state index is 6.20. The molecule has 0 saturated heterocycles. The van der Waals surface area contributed by atoms with Crippen LogP contribution in [0, 0.1) is 6.92 Å². The smallest absolute Gasteiger partial charge is 0.127 e. The summed E-state index contributed by atoms with van der Waals surface area (Å²) in [7, 11) is 0. The Labute approximate surface area is 129 Å². The first-order valence-electron chi connectivity index (χ1n) is 6.27. The third-order valence-corrected chi connectivity index (χ3v) is 3.55. The van der Waals surface area contributed by atoms with Gasteiger partial charge in [-0.15, -0.1) is 0 Å². The second kappa shape index (κ2) is 6.20. The second-order valence-corrected chi connectivity index (χ2v) is 5.48. The van der Waals surface area contributed by atoms with Crippen LogP contribution in [-0.4, -0.2) is 9.97 Å². The van der Waals surface area contributed by atoms with Crippen molar-refractivity contribution in [1.82, 2.24) is 4.98 Å². The van der Waals surface area contributed by atoms with E-state index in [2.05, 4.69) is 10.3 Å². The fraction of sp³-hybridized carbons (Fsp3) is 0.200. The van der Waals surface area contributed by atoms with Gasteiger partial charge in [0.2, 0.25) is 0 Å². The van der Waals surface area contributed by atoms with Crippen LogP contribution in [0.15, 0.2) is 36.4 Å². The summed E-state index contributed by atoms with van der Waals surface area (Å²) < 4.78 is 0. The summed E-state index contributed by atoms with van der Waals surface area (Å²) in [4.78, 5) is 4.81. The molecule has 2 rings (SSSR count). The number of halogens is 1. The molecule has 20 heavy (non-hydrogen) atoms. The van der Waals surface area contributed by atoms with Crippen molar-refractivity contribution in [1.29, 1.82) is 0 Å². The average molecular weight is 306 g/mol. The Balaban J connectivity index is 2.26. The molecule has 1 atom stereocenters. The number of hydrogen-bond donors (Lipinski definition) is 2. The summed E-state index contributed by atoms with van der Waals surface area (Å²) in [5, 5.41) is 4.06. The van der Waals surface area contributed by atoms with Gasteiger partial charge in [0.25, 0.3) is 0 Å². The largest absolute Gasteiger partial charge is 0.389 e. The molecule has 0 saturated carbocycles. The number of pyridine rings is 1. The lowest BCUT2D eigenvalue weighted by Gasteiger charge is -2.17. The number of rotatable bonds is 4. The Morgan fingerprint density at radius 2 is 2.05 bits per heavy atom. The summed E-state index contributed by atoms with van der Waals surface area (Å²) in [6.07, 6.45) is 0. The van der Waals surface area contributed by atoms with Gasteiger partial charge in [0.05, 0.1) is 6.04 Å². The van der Waals surface area contributed by atoms with Crippen molar-refractivity contribution in [2.45, 2.75) is 19.9 Å². The first-order chi connectivity index (χ1) is 9.47. The minimum atomic E-state index is 0.0391. The first kappa shape index (κ1) is 14.8. The van der Waals surface area contributed by atoms with Crippen LogP contribution in [0.25, 0.3) is 0 Å². The molecule has 0 aliphatic carbocycles. The lowest BCUT2D eigenvalue weighted by molar-refractivity contribution is 0.872. The van der Waals surface area contributed by atoms with Gasteiger partial charge in [-0.2, -0.15) is 0 Å². The normalized spacial score (nSPS) is 11.9. The number of hydrogen-bond acceptors (Lipinski definition) is 3. The maximum Gasteiger partial charge on any atom is 0.127 e. The molecule has 0 spiro atoms. The number of nitrogens with one attached hydrogen (secondary N) is 1. The topological polar surface area (TPSA) is 50.9 Å². The van der Waals surface area contributed by atoms with E-state index in [0.29, 0.717) is 4.99 Å². The number of aryl methyl sites for hydroxylation is 1. The summed E-state index contributed by atoms with van der Waals surface area (Å²) in [5.74, 6) is 0.736. The minimum absolute atomic E-state index is 0.0391. The van der Waals surface area contributed by atoms with E-state index in [1.54, 1.807) is 0 Å². The van der Waals surface area contributed by atoms with Crippen LogP contribution < -0.4 is 11.1 Å². The van der Waals surface area contributed by atoms with Crippen molar-refractivity contribution in [2.24, 2.45) is 5.73 Å². The Kier molecular flexibility index (Phi) is 4.57. The molecule has 1 aromatic carbocycles. The van der Waals surface area contributed by atoms with Gasteiger partial charge in [-0.3, -0.25) is 0 Å². The van der Waals surface area contributed by atoms with Gasteiger partial charge in [0.15, 0.2) is 0 Å². The Hall–Kier alpha value is -1.65. The van der Waals surface area contributed by atoms with Crippen molar-refractivity contribution in [2.75, 3.05) is 5.32 Å². The van der Waals surface area contributed by atoms with E-state index in [-0.39, 0.29) is 6.04 Å². The molecular weight excluding hydrogens is 290 g/mol. The van der Waals surface area contributed by atoms with E-state index < -0.39 is 0 Å². The molecule has 5 heteroatoms. The maximum absolute atomic E-state index is 6.20. The number of aromatic nitrogens is 1. The monoisotopic (exact) mass is 305 g/mol. The number of nitrogens with two attached hydrogens (primary N) is 1. The minimum Gasteiger partial charge on any atom is -0.389 e. The molecule has 0 aliphatic rings. The highest BCUT2D eigenvalue weighted by Gasteiger charge is 2.10. The zero-order valence-electron chi connectivity index (χ0n) is 11.4. The standard InChI is InChI=1S/C15H16ClN3S/c1-9-7-11(15(17)20)8-14(18-9)19-10(2)12-5-3-4-6-13(12)16/h3-8,10H,1-2H3,(H2,17,20)(H,18,19). The number of thiocarbonyl (C=S) groups is 1. The van der Waals surface area contributed by atoms with Crippen molar-refractivity contribution in [3.05, 3.63) is 58.2 Å². The molecule has 2 aromatic rings. The quantitative estimate of drug-likeness (QED) is 0.842. The molecule has 0 aliphatic heterocycles. The molecule has 0 radical (unpaired) electrons. The molecule has 0 fully saturated rings. The van der Waals surface area contributed by atoms with Crippen LogP contribution in [0.5, 0.6) is 0 Å². The first-order valence-corrected chi connectivity index (χ1v) is 7.05. The summed E-state index contributed by atoms with van der Waals surface area (Å²) >= 11 is 11.2. The highest BCUT2D eigenvalue weighted by molar-refractivity contribution is 7.80. The van der Waals surface area contributed by atoms with Gasteiger partial charge >= 0.3 is 0 Å². The fourth-order valence-electron chi connectivity index (χ4n) is 2.01. The van der Waals surface area contributed by atoms with Gasteiger partial charge in [-0.25, -0.2) is 4.98 Å². The molecule has 1 unspecified atom stereocenters. The second-order valence-electron chi connectivity index (χ2n) is 4.63. The predicted molar refractivity (Wildman–Crippen MR) is 88.4 cm³/mol. The van der Waals surface area contributed by atoms with E-state index in [1.807, 2.05) is 50.2 Å². The number of anilines is 1. The molecule has 1 aromatic heterocycles. The van der Waals surface area contributed by atoms with Gasteiger partial charge in [-0.1, -0.05) is 42.0 Å². The van der Waals surface area contributed by atoms with Crippen LogP contribution in [0.4, 0.5) is 5.82 Å². The summed E-state index contributed by atoms with van der Waals surface area (Å²) in [5.41, 5.74) is 8.37. The average Bonchev–Trinajstić information content (AvgIpc) is 2.38. The van der Waals surface area contributed by atoms with Crippen LogP contribution in [0.1, 0.15) is 29.8 Å². The van der Waals surface area contributed by atoms with Crippen LogP contribution in [-0.2, 0) is 0 Å². The number of benzene rings is 1. The molecule has 3 nitrogen and oxygen atoms in total. The van der Waals surface area contributed by atoms with Gasteiger partial charge in [-0.05, 0) is 37.6 Å². The SMILES string of the molecule is Cc1cc(C(N)=S)cc(NC(C)c2ccccc2Cl)n1. The molecule has 3 N–H and O–H groups in total. The van der Waals surface area contributed by atoms with Crippen molar-refractivity contribution in [3.8, 4) is 0 Å². The van der Waals surface area contributed by atoms with E-state index >= 15 is 0 Å². The van der Waals surface area contributed by atoms with E-state index in [4.69, 9.17) is 29.6 Å². The molecule has 0 bridgehead atoms. The molecule has 104 valence electrons. The molecule has 0 amide bonds. The van der Waals surface area contributed by atoms with E-state index in [9.17, 15) is 0 Å². The summed E-state index contributed by atoms with van der Waals surface area (Å²) in [6.45, 7) is 3.94. The Morgan fingerprint density at radius 3 is 2.70 bits per heavy atom. The lowest BCUT2D eigenvalue weighted by Crippen LogP contribution is -2.13. The molecular formula is C15H16ClN3S. The highest BCUT2D eigenvalue weighted by atomic mass is 35.5. The van der Waals surface area contributed by atoms with E-state index in [0.717, 1.165) is 27.7 Å². The zero-order valence-corrected chi connectivity index (χ0v) is 12.9. The highest BCUT2D eigenvalue weighted by Crippen LogP contribution is 2.25. The Bertz CT molecular complexity index is 643. The Morgan fingerprint density at radius 1 is 1.35 bits per heavy atom. The predicted octanol–water partition coefficient (Wildman–Crippen LogP) is 3.85. The van der Waals surface area contributed by atoms with E-state index in [1.165, 1.54) is 0 Å². The third-order valence-electron chi connectivity index (χ3n) is 2.97. The van der Waals surface area contributed by atoms with Gasteiger partial charge < -0.3 is 11.1 Å². The van der Waals surface area contributed by atoms with Crippen molar-refractivity contribution < 1.29 is 0 Å². The van der Waals surface area contributed by atoms with Crippen molar-refractivity contribution >= 4 is 34.6 Å². The zero-order chi connectivity index (χ0) is 14.7. The van der Waals surface area contributed by atoms with Crippen LogP contribution in [0.2, 0.25) is 5.02 Å². The fourth-order valence-corrected chi connectivity index (χ4v) is 2.43. The lowest BCUT2D eigenvalue weighted by atomic mass is 10.1. The van der Waals surface area contributed by atoms with Crippen LogP contribution in [0.3, 0.4) is 0 Å².